The van der Waals surface area contributed by atoms with Gasteiger partial charge < -0.3 is 9.64 Å². The lowest BCUT2D eigenvalue weighted by Gasteiger charge is -2.38. The Hall–Kier alpha value is -1.06. The molecule has 0 saturated carbocycles. The number of ether oxygens (including phenoxy) is 1. The molecule has 1 aliphatic heterocycles. The average molecular weight is 213 g/mol. The van der Waals surface area contributed by atoms with Crippen molar-refractivity contribution in [2.45, 2.75) is 39.8 Å². The van der Waals surface area contributed by atoms with Crippen LogP contribution in [0.1, 0.15) is 27.7 Å². The van der Waals surface area contributed by atoms with E-state index in [0.717, 1.165) is 0 Å². The van der Waals surface area contributed by atoms with Gasteiger partial charge in [0, 0.05) is 7.05 Å². The van der Waals surface area contributed by atoms with Gasteiger partial charge in [-0.1, -0.05) is 27.7 Å². The lowest BCUT2D eigenvalue weighted by Crippen LogP contribution is -2.57. The zero-order valence-corrected chi connectivity index (χ0v) is 9.98. The topological polar surface area (TPSA) is 46.6 Å². The summed E-state index contributed by atoms with van der Waals surface area (Å²) in [5, 5.41) is 0. The van der Waals surface area contributed by atoms with Crippen LogP contribution >= 0.6 is 0 Å². The van der Waals surface area contributed by atoms with Crippen molar-refractivity contribution in [2.24, 2.45) is 11.8 Å². The maximum absolute atomic E-state index is 11.9. The van der Waals surface area contributed by atoms with Gasteiger partial charge in [-0.15, -0.1) is 0 Å². The van der Waals surface area contributed by atoms with Crippen molar-refractivity contribution in [1.29, 1.82) is 0 Å². The minimum atomic E-state index is -0.613. The van der Waals surface area contributed by atoms with E-state index in [-0.39, 0.29) is 23.7 Å². The smallest absolute Gasteiger partial charge is 0.329 e. The fourth-order valence-corrected chi connectivity index (χ4v) is 1.88. The lowest BCUT2D eigenvalue weighted by molar-refractivity contribution is -0.181. The zero-order chi connectivity index (χ0) is 11.7. The van der Waals surface area contributed by atoms with Crippen molar-refractivity contribution < 1.29 is 14.3 Å². The highest BCUT2D eigenvalue weighted by Crippen LogP contribution is 2.22. The highest BCUT2D eigenvalue weighted by molar-refractivity contribution is 5.92. The molecular formula is C11H19NO3. The molecule has 0 unspecified atom stereocenters. The molecule has 1 heterocycles. The molecule has 0 aromatic rings. The van der Waals surface area contributed by atoms with E-state index in [0.29, 0.717) is 0 Å². The van der Waals surface area contributed by atoms with Crippen LogP contribution in [0.2, 0.25) is 0 Å². The van der Waals surface area contributed by atoms with Crippen LogP contribution < -0.4 is 0 Å². The molecule has 0 aromatic heterocycles. The summed E-state index contributed by atoms with van der Waals surface area (Å²) in [7, 11) is 1.67. The third kappa shape index (κ3) is 2.13. The molecule has 0 radical (unpaired) electrons. The van der Waals surface area contributed by atoms with Gasteiger partial charge in [0.1, 0.15) is 6.04 Å². The second-order valence-corrected chi connectivity index (χ2v) is 4.74. The Labute approximate surface area is 90.6 Å². The maximum Gasteiger partial charge on any atom is 0.329 e. The number of carbonyl (C=O) groups excluding carboxylic acids is 2. The number of amides is 1. The Balaban J connectivity index is 2.89. The van der Waals surface area contributed by atoms with Crippen LogP contribution in [-0.2, 0) is 14.3 Å². The van der Waals surface area contributed by atoms with Gasteiger partial charge in [0.2, 0.25) is 0 Å². The molecule has 0 bridgehead atoms. The predicted octanol–water partition coefficient (Wildman–Crippen LogP) is 1.05. The van der Waals surface area contributed by atoms with Crippen LogP contribution in [0.4, 0.5) is 0 Å². The van der Waals surface area contributed by atoms with E-state index in [1.165, 1.54) is 4.90 Å². The standard InChI is InChI=1S/C11H19NO3/c1-6(2)8-11(14)15-9(7(3)4)10(13)12(8)5/h6-9H,1-5H3/t8-,9-/m1/s1. The molecule has 4 nitrogen and oxygen atoms in total. The Morgan fingerprint density at radius 3 is 2.07 bits per heavy atom. The Morgan fingerprint density at radius 2 is 1.67 bits per heavy atom. The number of likely N-dealkylation sites (N-methyl/N-ethyl adjacent to an activating group) is 1. The first kappa shape index (κ1) is 12.0. The number of cyclic esters (lactones) is 1. The van der Waals surface area contributed by atoms with Crippen LogP contribution in [0.3, 0.4) is 0 Å². The van der Waals surface area contributed by atoms with Crippen LogP contribution in [0.15, 0.2) is 0 Å². The van der Waals surface area contributed by atoms with Crippen LogP contribution in [0, 0.1) is 11.8 Å². The first-order valence-corrected chi connectivity index (χ1v) is 5.33. The minimum absolute atomic E-state index is 0.0250. The highest BCUT2D eigenvalue weighted by Gasteiger charge is 2.42. The highest BCUT2D eigenvalue weighted by atomic mass is 16.6. The summed E-state index contributed by atoms with van der Waals surface area (Å²) >= 11 is 0. The largest absolute Gasteiger partial charge is 0.450 e. The van der Waals surface area contributed by atoms with E-state index in [2.05, 4.69) is 0 Å². The molecule has 1 aliphatic rings. The Morgan fingerprint density at radius 1 is 1.13 bits per heavy atom. The molecular weight excluding hydrogens is 194 g/mol. The van der Waals surface area contributed by atoms with Crippen molar-refractivity contribution >= 4 is 11.9 Å². The summed E-state index contributed by atoms with van der Waals surface area (Å²) in [6.07, 6.45) is -0.613. The van der Waals surface area contributed by atoms with Crippen LogP contribution in [-0.4, -0.2) is 36.0 Å². The molecule has 1 fully saturated rings. The van der Waals surface area contributed by atoms with Crippen LogP contribution in [0.5, 0.6) is 0 Å². The summed E-state index contributed by atoms with van der Waals surface area (Å²) in [6, 6.07) is -0.438. The van der Waals surface area contributed by atoms with E-state index in [4.69, 9.17) is 4.74 Å². The van der Waals surface area contributed by atoms with Gasteiger partial charge in [0.25, 0.3) is 5.91 Å². The Bertz CT molecular complexity index is 273. The summed E-state index contributed by atoms with van der Waals surface area (Å²) in [5.41, 5.74) is 0. The summed E-state index contributed by atoms with van der Waals surface area (Å²) < 4.78 is 5.17. The molecule has 0 N–H and O–H groups in total. The molecule has 0 aliphatic carbocycles. The summed E-state index contributed by atoms with van der Waals surface area (Å²) in [5.74, 6) is -0.273. The molecule has 0 spiro atoms. The second-order valence-electron chi connectivity index (χ2n) is 4.74. The van der Waals surface area contributed by atoms with E-state index in [1.807, 2.05) is 27.7 Å². The monoisotopic (exact) mass is 213 g/mol. The molecule has 15 heavy (non-hydrogen) atoms. The fraction of sp³-hybridized carbons (Fsp3) is 0.818. The van der Waals surface area contributed by atoms with Gasteiger partial charge >= 0.3 is 5.97 Å². The van der Waals surface area contributed by atoms with E-state index in [9.17, 15) is 9.59 Å². The minimum Gasteiger partial charge on any atom is -0.450 e. The Kier molecular flexibility index (Phi) is 3.37. The fourth-order valence-electron chi connectivity index (χ4n) is 1.88. The van der Waals surface area contributed by atoms with Crippen molar-refractivity contribution in [1.82, 2.24) is 4.90 Å². The number of hydrogen-bond acceptors (Lipinski definition) is 3. The van der Waals surface area contributed by atoms with Gasteiger partial charge in [0.05, 0.1) is 0 Å². The maximum atomic E-state index is 11.9. The summed E-state index contributed by atoms with van der Waals surface area (Å²) in [4.78, 5) is 25.1. The van der Waals surface area contributed by atoms with E-state index >= 15 is 0 Å². The average Bonchev–Trinajstić information content (AvgIpc) is 2.10. The first-order valence-electron chi connectivity index (χ1n) is 5.33. The second kappa shape index (κ2) is 4.21. The first-order chi connectivity index (χ1) is 6.86. The summed E-state index contributed by atoms with van der Waals surface area (Å²) in [6.45, 7) is 7.57. The quantitative estimate of drug-likeness (QED) is 0.644. The molecule has 0 aromatic carbocycles. The van der Waals surface area contributed by atoms with Gasteiger partial charge in [-0.3, -0.25) is 4.79 Å². The number of esters is 1. The molecule has 2 atom stereocenters. The third-order valence-corrected chi connectivity index (χ3v) is 2.73. The molecule has 1 amide bonds. The number of hydrogen-bond donors (Lipinski definition) is 0. The number of rotatable bonds is 2. The zero-order valence-electron chi connectivity index (χ0n) is 9.98. The van der Waals surface area contributed by atoms with Crippen molar-refractivity contribution in [3.8, 4) is 0 Å². The number of carbonyl (C=O) groups is 2. The number of nitrogens with zero attached hydrogens (tertiary/aromatic N) is 1. The molecule has 4 heteroatoms. The van der Waals surface area contributed by atoms with Crippen molar-refractivity contribution in [2.75, 3.05) is 7.05 Å². The van der Waals surface area contributed by atoms with Crippen molar-refractivity contribution in [3.63, 3.8) is 0 Å². The molecule has 1 saturated heterocycles. The predicted molar refractivity (Wildman–Crippen MR) is 56.1 cm³/mol. The third-order valence-electron chi connectivity index (χ3n) is 2.73. The van der Waals surface area contributed by atoms with Gasteiger partial charge in [-0.05, 0) is 11.8 Å². The normalized spacial score (nSPS) is 27.5. The van der Waals surface area contributed by atoms with Crippen LogP contribution in [0.25, 0.3) is 0 Å². The van der Waals surface area contributed by atoms with E-state index < -0.39 is 12.1 Å². The van der Waals surface area contributed by atoms with Gasteiger partial charge in [-0.25, -0.2) is 4.79 Å². The molecule has 1 rings (SSSR count). The lowest BCUT2D eigenvalue weighted by atomic mass is 9.97. The molecule has 86 valence electrons. The van der Waals surface area contributed by atoms with Gasteiger partial charge in [0.15, 0.2) is 6.10 Å². The number of morpholine rings is 1. The van der Waals surface area contributed by atoms with E-state index in [1.54, 1.807) is 7.05 Å². The van der Waals surface area contributed by atoms with Gasteiger partial charge in [-0.2, -0.15) is 0 Å². The SMILES string of the molecule is CC(C)[C@H]1OC(=O)[C@@H](C(C)C)N(C)C1=O. The van der Waals surface area contributed by atoms with Crippen molar-refractivity contribution in [3.05, 3.63) is 0 Å².